The van der Waals surface area contributed by atoms with Crippen molar-refractivity contribution in [3.05, 3.63) is 52.1 Å². The van der Waals surface area contributed by atoms with E-state index in [0.717, 1.165) is 5.56 Å². The van der Waals surface area contributed by atoms with E-state index in [4.69, 9.17) is 14.2 Å². The lowest BCUT2D eigenvalue weighted by atomic mass is 10.1. The maximum absolute atomic E-state index is 12.2. The van der Waals surface area contributed by atoms with Crippen LogP contribution in [0.4, 0.5) is 11.4 Å². The van der Waals surface area contributed by atoms with Crippen molar-refractivity contribution < 1.29 is 23.9 Å². The number of carbonyl (C=O) groups excluding carboxylic acids is 1. The van der Waals surface area contributed by atoms with Crippen LogP contribution in [0.25, 0.3) is 0 Å². The maximum Gasteiger partial charge on any atom is 0.271 e. The Labute approximate surface area is 150 Å². The number of hydrogen-bond donors (Lipinski definition) is 1. The molecule has 138 valence electrons. The van der Waals surface area contributed by atoms with Crippen LogP contribution in [0.5, 0.6) is 17.2 Å². The third-order valence-corrected chi connectivity index (χ3v) is 3.76. The van der Waals surface area contributed by atoms with E-state index in [-0.39, 0.29) is 23.7 Å². The van der Waals surface area contributed by atoms with Crippen molar-refractivity contribution in [2.45, 2.75) is 12.8 Å². The molecule has 0 aliphatic heterocycles. The molecular weight excluding hydrogens is 340 g/mol. The van der Waals surface area contributed by atoms with Crippen molar-refractivity contribution in [1.29, 1.82) is 0 Å². The van der Waals surface area contributed by atoms with Crippen LogP contribution in [0.15, 0.2) is 36.4 Å². The summed E-state index contributed by atoms with van der Waals surface area (Å²) in [6, 6.07) is 9.46. The molecule has 0 saturated heterocycles. The first-order valence-corrected chi connectivity index (χ1v) is 7.81. The number of methoxy groups -OCH3 is 3. The van der Waals surface area contributed by atoms with Gasteiger partial charge < -0.3 is 19.5 Å². The van der Waals surface area contributed by atoms with Gasteiger partial charge in [-0.15, -0.1) is 0 Å². The van der Waals surface area contributed by atoms with Crippen molar-refractivity contribution >= 4 is 17.3 Å². The molecule has 2 aromatic carbocycles. The number of nitrogens with zero attached hydrogens (tertiary/aromatic N) is 1. The summed E-state index contributed by atoms with van der Waals surface area (Å²) in [6.45, 7) is 0. The van der Waals surface area contributed by atoms with Crippen molar-refractivity contribution in [1.82, 2.24) is 0 Å². The minimum Gasteiger partial charge on any atom is -0.495 e. The van der Waals surface area contributed by atoms with Gasteiger partial charge in [0.25, 0.3) is 5.69 Å². The van der Waals surface area contributed by atoms with Gasteiger partial charge in [0, 0.05) is 18.6 Å². The number of nitrogens with one attached hydrogen (secondary N) is 1. The van der Waals surface area contributed by atoms with Gasteiger partial charge in [0.15, 0.2) is 11.5 Å². The summed E-state index contributed by atoms with van der Waals surface area (Å²) >= 11 is 0. The highest BCUT2D eigenvalue weighted by molar-refractivity contribution is 5.92. The molecule has 0 spiro atoms. The van der Waals surface area contributed by atoms with Crippen LogP contribution in [-0.4, -0.2) is 32.2 Å². The fourth-order valence-corrected chi connectivity index (χ4v) is 2.41. The van der Waals surface area contributed by atoms with Crippen LogP contribution >= 0.6 is 0 Å². The SMILES string of the molecule is COc1ccc([N+](=O)[O-])cc1NC(=O)CCc1ccc(OC)c(OC)c1. The third-order valence-electron chi connectivity index (χ3n) is 3.76. The van der Waals surface area contributed by atoms with E-state index in [1.807, 2.05) is 6.07 Å². The molecule has 0 radical (unpaired) electrons. The summed E-state index contributed by atoms with van der Waals surface area (Å²) < 4.78 is 15.5. The van der Waals surface area contributed by atoms with Crippen LogP contribution in [0.2, 0.25) is 0 Å². The Morgan fingerprint density at radius 2 is 1.65 bits per heavy atom. The molecule has 1 N–H and O–H groups in total. The molecule has 0 aromatic heterocycles. The van der Waals surface area contributed by atoms with Gasteiger partial charge in [-0.05, 0) is 30.2 Å². The molecular formula is C18H20N2O6. The Hall–Kier alpha value is -3.29. The van der Waals surface area contributed by atoms with Gasteiger partial charge in [-0.2, -0.15) is 0 Å². The molecule has 26 heavy (non-hydrogen) atoms. The van der Waals surface area contributed by atoms with Crippen molar-refractivity contribution in [2.24, 2.45) is 0 Å². The predicted octanol–water partition coefficient (Wildman–Crippen LogP) is 3.19. The first kappa shape index (κ1) is 19.0. The van der Waals surface area contributed by atoms with E-state index in [9.17, 15) is 14.9 Å². The fraction of sp³-hybridized carbons (Fsp3) is 0.278. The first-order valence-electron chi connectivity index (χ1n) is 7.81. The number of nitro groups is 1. The minimum absolute atomic E-state index is 0.124. The van der Waals surface area contributed by atoms with Crippen LogP contribution in [0, 0.1) is 10.1 Å². The number of carbonyl (C=O) groups is 1. The predicted molar refractivity (Wildman–Crippen MR) is 96.1 cm³/mol. The maximum atomic E-state index is 12.2. The van der Waals surface area contributed by atoms with Gasteiger partial charge in [-0.25, -0.2) is 0 Å². The second-order valence-electron chi connectivity index (χ2n) is 5.38. The van der Waals surface area contributed by atoms with Crippen LogP contribution in [0.1, 0.15) is 12.0 Å². The first-order chi connectivity index (χ1) is 12.5. The lowest BCUT2D eigenvalue weighted by molar-refractivity contribution is -0.384. The van der Waals surface area contributed by atoms with E-state index < -0.39 is 4.92 Å². The number of ether oxygens (including phenoxy) is 3. The Morgan fingerprint density at radius 1 is 1.00 bits per heavy atom. The minimum atomic E-state index is -0.529. The number of hydrogen-bond acceptors (Lipinski definition) is 6. The molecule has 0 aliphatic carbocycles. The van der Waals surface area contributed by atoms with Gasteiger partial charge in [0.05, 0.1) is 31.9 Å². The van der Waals surface area contributed by atoms with Crippen molar-refractivity contribution in [2.75, 3.05) is 26.6 Å². The van der Waals surface area contributed by atoms with Crippen LogP contribution < -0.4 is 19.5 Å². The summed E-state index contributed by atoms with van der Waals surface area (Å²) in [5, 5.41) is 13.5. The van der Waals surface area contributed by atoms with Crippen LogP contribution in [0.3, 0.4) is 0 Å². The molecule has 0 atom stereocenters. The zero-order chi connectivity index (χ0) is 19.1. The lowest BCUT2D eigenvalue weighted by Gasteiger charge is -2.11. The zero-order valence-corrected chi connectivity index (χ0v) is 14.8. The molecule has 0 unspecified atom stereocenters. The van der Waals surface area contributed by atoms with Crippen molar-refractivity contribution in [3.63, 3.8) is 0 Å². The van der Waals surface area contributed by atoms with Gasteiger partial charge in [0.2, 0.25) is 5.91 Å². The Bertz CT molecular complexity index is 806. The smallest absolute Gasteiger partial charge is 0.271 e. The fourth-order valence-electron chi connectivity index (χ4n) is 2.41. The van der Waals surface area contributed by atoms with E-state index >= 15 is 0 Å². The van der Waals surface area contributed by atoms with Crippen molar-refractivity contribution in [3.8, 4) is 17.2 Å². The highest BCUT2D eigenvalue weighted by Crippen LogP contribution is 2.30. The average molecular weight is 360 g/mol. The van der Waals surface area contributed by atoms with E-state index in [2.05, 4.69) is 5.32 Å². The number of aryl methyl sites for hydroxylation is 1. The van der Waals surface area contributed by atoms with E-state index in [0.29, 0.717) is 23.7 Å². The molecule has 2 aromatic rings. The quantitative estimate of drug-likeness (QED) is 0.573. The third kappa shape index (κ3) is 4.62. The van der Waals surface area contributed by atoms with E-state index in [1.54, 1.807) is 26.4 Å². The molecule has 0 heterocycles. The van der Waals surface area contributed by atoms with Gasteiger partial charge in [0.1, 0.15) is 5.75 Å². The normalized spacial score (nSPS) is 10.1. The highest BCUT2D eigenvalue weighted by atomic mass is 16.6. The number of non-ortho nitro benzene ring substituents is 1. The largest absolute Gasteiger partial charge is 0.495 e. The molecule has 8 heteroatoms. The highest BCUT2D eigenvalue weighted by Gasteiger charge is 2.14. The van der Waals surface area contributed by atoms with Gasteiger partial charge in [-0.1, -0.05) is 6.07 Å². The molecule has 1 amide bonds. The zero-order valence-electron chi connectivity index (χ0n) is 14.8. The lowest BCUT2D eigenvalue weighted by Crippen LogP contribution is -2.13. The average Bonchev–Trinajstić information content (AvgIpc) is 2.65. The summed E-state index contributed by atoms with van der Waals surface area (Å²) in [5.74, 6) is 1.28. The Morgan fingerprint density at radius 3 is 2.27 bits per heavy atom. The standard InChI is InChI=1S/C18H20N2O6/c1-24-15-8-6-13(20(22)23)11-14(15)19-18(21)9-5-12-4-7-16(25-2)17(10-12)26-3/h4,6-8,10-11H,5,9H2,1-3H3,(H,19,21). The Balaban J connectivity index is 2.05. The number of anilines is 1. The summed E-state index contributed by atoms with van der Waals surface area (Å²) in [5.41, 5.74) is 1.05. The summed E-state index contributed by atoms with van der Waals surface area (Å²) in [4.78, 5) is 22.6. The topological polar surface area (TPSA) is 99.9 Å². The number of nitro benzene ring substituents is 1. The van der Waals surface area contributed by atoms with Gasteiger partial charge in [-0.3, -0.25) is 14.9 Å². The molecule has 0 bridgehead atoms. The number of amides is 1. The number of rotatable bonds is 8. The molecule has 2 rings (SSSR count). The Kier molecular flexibility index (Phi) is 6.37. The number of benzene rings is 2. The molecule has 0 aliphatic rings. The van der Waals surface area contributed by atoms with Crippen LogP contribution in [-0.2, 0) is 11.2 Å². The van der Waals surface area contributed by atoms with E-state index in [1.165, 1.54) is 25.3 Å². The second-order valence-corrected chi connectivity index (χ2v) is 5.38. The molecule has 0 fully saturated rings. The monoisotopic (exact) mass is 360 g/mol. The summed E-state index contributed by atoms with van der Waals surface area (Å²) in [7, 11) is 4.53. The molecule has 8 nitrogen and oxygen atoms in total. The second kappa shape index (κ2) is 8.70. The van der Waals surface area contributed by atoms with Gasteiger partial charge >= 0.3 is 0 Å². The summed E-state index contributed by atoms with van der Waals surface area (Å²) in [6.07, 6.45) is 0.671. The molecule has 0 saturated carbocycles.